The van der Waals surface area contributed by atoms with Gasteiger partial charge in [-0.15, -0.1) is 0 Å². The molecular weight excluding hydrogens is 280 g/mol. The summed E-state index contributed by atoms with van der Waals surface area (Å²) < 4.78 is 2.03. The third-order valence-electron chi connectivity index (χ3n) is 3.61. The summed E-state index contributed by atoms with van der Waals surface area (Å²) in [5.74, 6) is -0.567. The van der Waals surface area contributed by atoms with Gasteiger partial charge in [0.2, 0.25) is 0 Å². The molecule has 4 rings (SSSR count). The number of rotatable bonds is 3. The summed E-state index contributed by atoms with van der Waals surface area (Å²) in [5, 5.41) is 6.77. The Hall–Kier alpha value is -3.15. The van der Waals surface area contributed by atoms with Gasteiger partial charge in [0.15, 0.2) is 12.0 Å². The summed E-state index contributed by atoms with van der Waals surface area (Å²) in [4.78, 5) is 20.4. The molecule has 4 aromatic rings. The molecule has 0 spiro atoms. The third-order valence-corrected chi connectivity index (χ3v) is 3.61. The zero-order valence-electron chi connectivity index (χ0n) is 11.6. The molecule has 0 saturated heterocycles. The zero-order chi connectivity index (χ0) is 15.1. The van der Waals surface area contributed by atoms with Crippen LogP contribution in [-0.4, -0.2) is 21.9 Å². The highest BCUT2D eigenvalue weighted by Crippen LogP contribution is 2.24. The van der Waals surface area contributed by atoms with Crippen LogP contribution in [0.3, 0.4) is 0 Å². The minimum atomic E-state index is -0.567. The molecule has 3 aromatic heterocycles. The second-order valence-electron chi connectivity index (χ2n) is 4.98. The van der Waals surface area contributed by atoms with E-state index in [0.717, 1.165) is 27.3 Å². The minimum Gasteiger partial charge on any atom is -0.385 e. The van der Waals surface area contributed by atoms with E-state index in [-0.39, 0.29) is 6.61 Å². The predicted octanol–water partition coefficient (Wildman–Crippen LogP) is 1.40. The van der Waals surface area contributed by atoms with Gasteiger partial charge in [0, 0.05) is 17.8 Å². The number of aromatic nitrogens is 2. The van der Waals surface area contributed by atoms with Gasteiger partial charge in [-0.25, -0.2) is 0 Å². The molecule has 1 aromatic carbocycles. The number of carbonyl (C=O) groups excluding carboxylic acids is 1. The number of primary amides is 1. The van der Waals surface area contributed by atoms with E-state index in [1.807, 2.05) is 47.0 Å². The van der Waals surface area contributed by atoms with Crippen LogP contribution in [0.5, 0.6) is 0 Å². The molecule has 1 amide bonds. The van der Waals surface area contributed by atoms with Crippen LogP contribution in [-0.2, 0) is 9.63 Å². The Balaban J connectivity index is 2.15. The van der Waals surface area contributed by atoms with Crippen molar-refractivity contribution in [2.75, 3.05) is 6.61 Å². The van der Waals surface area contributed by atoms with Gasteiger partial charge in [-0.3, -0.25) is 9.78 Å². The summed E-state index contributed by atoms with van der Waals surface area (Å²) in [6, 6.07) is 11.9. The number of fused-ring (bicyclic) bond motifs is 2. The van der Waals surface area contributed by atoms with Crippen LogP contribution in [0.1, 0.15) is 0 Å². The maximum absolute atomic E-state index is 10.8. The number of nitrogens with zero attached hydrogens (tertiary/aromatic N) is 3. The molecule has 0 fully saturated rings. The average molecular weight is 292 g/mol. The van der Waals surface area contributed by atoms with Gasteiger partial charge >= 0.3 is 0 Å². The lowest BCUT2D eigenvalue weighted by Crippen LogP contribution is -2.18. The lowest BCUT2D eigenvalue weighted by Gasteiger charge is -2.08. The number of benzene rings is 1. The number of pyridine rings is 2. The van der Waals surface area contributed by atoms with Crippen molar-refractivity contribution < 1.29 is 9.63 Å². The van der Waals surface area contributed by atoms with Crippen LogP contribution >= 0.6 is 0 Å². The summed E-state index contributed by atoms with van der Waals surface area (Å²) in [5.41, 5.74) is 7.74. The molecule has 0 atom stereocenters. The van der Waals surface area contributed by atoms with E-state index < -0.39 is 5.91 Å². The average Bonchev–Trinajstić information content (AvgIpc) is 3.00. The quantitative estimate of drug-likeness (QED) is 0.579. The fraction of sp³-hybridized carbons (Fsp3) is 0.0625. The Kier molecular flexibility index (Phi) is 2.69. The SMILES string of the molecule is NC(=O)CON=c1c2nccc3cccc(c32)n2cccc12. The first-order valence-electron chi connectivity index (χ1n) is 6.80. The molecule has 0 unspecified atom stereocenters. The molecule has 0 aliphatic heterocycles. The van der Waals surface area contributed by atoms with Gasteiger partial charge in [-0.1, -0.05) is 17.3 Å². The van der Waals surface area contributed by atoms with Crippen molar-refractivity contribution >= 4 is 33.2 Å². The molecule has 0 aliphatic rings. The third kappa shape index (κ3) is 1.77. The van der Waals surface area contributed by atoms with Gasteiger partial charge in [-0.05, 0) is 29.7 Å². The monoisotopic (exact) mass is 292 g/mol. The fourth-order valence-electron chi connectivity index (χ4n) is 2.75. The zero-order valence-corrected chi connectivity index (χ0v) is 11.6. The van der Waals surface area contributed by atoms with Crippen molar-refractivity contribution in [3.8, 4) is 0 Å². The molecule has 2 N–H and O–H groups in total. The summed E-state index contributed by atoms with van der Waals surface area (Å²) in [7, 11) is 0. The van der Waals surface area contributed by atoms with Crippen LogP contribution in [0.4, 0.5) is 0 Å². The Labute approximate surface area is 124 Å². The van der Waals surface area contributed by atoms with E-state index in [0.29, 0.717) is 5.36 Å². The summed E-state index contributed by atoms with van der Waals surface area (Å²) in [6.45, 7) is -0.262. The Morgan fingerprint density at radius 1 is 1.23 bits per heavy atom. The molecule has 6 heteroatoms. The normalized spacial score (nSPS) is 12.5. The van der Waals surface area contributed by atoms with Gasteiger partial charge in [0.25, 0.3) is 5.91 Å². The topological polar surface area (TPSA) is 82.0 Å². The second kappa shape index (κ2) is 4.70. The van der Waals surface area contributed by atoms with Crippen LogP contribution in [0.2, 0.25) is 0 Å². The van der Waals surface area contributed by atoms with Gasteiger partial charge in [0.05, 0.1) is 11.0 Å². The van der Waals surface area contributed by atoms with E-state index in [4.69, 9.17) is 10.6 Å². The molecular formula is C16H12N4O2. The number of nitrogens with two attached hydrogens (primary N) is 1. The lowest BCUT2D eigenvalue weighted by molar-refractivity contribution is -0.122. The van der Waals surface area contributed by atoms with Crippen molar-refractivity contribution in [2.45, 2.75) is 0 Å². The molecule has 0 aliphatic carbocycles. The molecule has 0 radical (unpaired) electrons. The van der Waals surface area contributed by atoms with Crippen LogP contribution in [0, 0.1) is 0 Å². The molecule has 3 heterocycles. The van der Waals surface area contributed by atoms with Crippen molar-refractivity contribution in [3.63, 3.8) is 0 Å². The Bertz CT molecular complexity index is 1060. The maximum atomic E-state index is 10.8. The molecule has 0 bridgehead atoms. The van der Waals surface area contributed by atoms with Crippen molar-refractivity contribution in [1.29, 1.82) is 0 Å². The summed E-state index contributed by atoms with van der Waals surface area (Å²) in [6.07, 6.45) is 3.70. The second-order valence-corrected chi connectivity index (χ2v) is 4.98. The van der Waals surface area contributed by atoms with E-state index in [1.165, 1.54) is 0 Å². The first-order valence-corrected chi connectivity index (χ1v) is 6.80. The maximum Gasteiger partial charge on any atom is 0.258 e. The van der Waals surface area contributed by atoms with E-state index in [1.54, 1.807) is 6.20 Å². The molecule has 6 nitrogen and oxygen atoms in total. The fourth-order valence-corrected chi connectivity index (χ4v) is 2.75. The van der Waals surface area contributed by atoms with Crippen molar-refractivity contribution in [3.05, 3.63) is 54.1 Å². The molecule has 22 heavy (non-hydrogen) atoms. The Morgan fingerprint density at radius 2 is 2.09 bits per heavy atom. The van der Waals surface area contributed by atoms with Crippen LogP contribution in [0.25, 0.3) is 27.3 Å². The number of hydrogen-bond donors (Lipinski definition) is 1. The van der Waals surface area contributed by atoms with Crippen molar-refractivity contribution in [1.82, 2.24) is 9.38 Å². The molecule has 0 saturated carbocycles. The summed E-state index contributed by atoms with van der Waals surface area (Å²) >= 11 is 0. The lowest BCUT2D eigenvalue weighted by atomic mass is 10.1. The van der Waals surface area contributed by atoms with Gasteiger partial charge in [0.1, 0.15) is 5.52 Å². The highest BCUT2D eigenvalue weighted by atomic mass is 16.6. The van der Waals surface area contributed by atoms with Crippen LogP contribution in [0.15, 0.2) is 53.9 Å². The highest BCUT2D eigenvalue weighted by Gasteiger charge is 2.11. The number of hydrogen-bond acceptors (Lipinski definition) is 4. The van der Waals surface area contributed by atoms with E-state index in [2.05, 4.69) is 10.1 Å². The van der Waals surface area contributed by atoms with E-state index >= 15 is 0 Å². The van der Waals surface area contributed by atoms with Crippen molar-refractivity contribution in [2.24, 2.45) is 10.9 Å². The Morgan fingerprint density at radius 3 is 2.95 bits per heavy atom. The first-order chi connectivity index (χ1) is 10.8. The smallest absolute Gasteiger partial charge is 0.258 e. The predicted molar refractivity (Wildman–Crippen MR) is 82.1 cm³/mol. The number of carbonyl (C=O) groups is 1. The van der Waals surface area contributed by atoms with Gasteiger partial charge in [-0.2, -0.15) is 0 Å². The molecule has 108 valence electrons. The van der Waals surface area contributed by atoms with Crippen LogP contribution < -0.4 is 11.1 Å². The number of amides is 1. The van der Waals surface area contributed by atoms with E-state index in [9.17, 15) is 4.79 Å². The van der Waals surface area contributed by atoms with Gasteiger partial charge < -0.3 is 15.0 Å². The first kappa shape index (κ1) is 12.6. The largest absolute Gasteiger partial charge is 0.385 e. The standard InChI is InChI=1S/C16H12N4O2/c17-13(21)9-22-19-15-12-5-2-8-20(12)11-4-1-3-10-6-7-18-16(15)14(10)11/h1-8H,9H2,(H2,17,21). The minimum absolute atomic E-state index is 0.262. The highest BCUT2D eigenvalue weighted by molar-refractivity contribution is 6.08.